The first-order chi connectivity index (χ1) is 17.9. The van der Waals surface area contributed by atoms with E-state index >= 15 is 0 Å². The van der Waals surface area contributed by atoms with Crippen molar-refractivity contribution in [1.29, 1.82) is 0 Å². The Morgan fingerprint density at radius 1 is 1.13 bits per heavy atom. The van der Waals surface area contributed by atoms with Gasteiger partial charge in [0.05, 0.1) is 11.2 Å². The number of aryl methyl sites for hydroxylation is 2. The molecule has 2 aromatic heterocycles. The van der Waals surface area contributed by atoms with Gasteiger partial charge in [-0.1, -0.05) is 18.2 Å². The molecule has 0 saturated carbocycles. The zero-order valence-corrected chi connectivity index (χ0v) is 20.9. The maximum absolute atomic E-state index is 12.7. The van der Waals surface area contributed by atoms with Crippen LogP contribution in [-0.2, 0) is 29.5 Å². The summed E-state index contributed by atoms with van der Waals surface area (Å²) in [7, 11) is -5.78. The number of aromatic nitrogens is 3. The van der Waals surface area contributed by atoms with Gasteiger partial charge in [0, 0.05) is 28.8 Å². The number of benzene rings is 2. The number of halogens is 3. The summed E-state index contributed by atoms with van der Waals surface area (Å²) >= 11 is 0. The van der Waals surface area contributed by atoms with Crippen molar-refractivity contribution < 1.29 is 30.6 Å². The van der Waals surface area contributed by atoms with E-state index in [9.17, 15) is 26.4 Å². The van der Waals surface area contributed by atoms with Crippen molar-refractivity contribution in [1.82, 2.24) is 14.5 Å². The van der Waals surface area contributed by atoms with Crippen molar-refractivity contribution in [3.05, 3.63) is 76.6 Å². The molecule has 3 N–H and O–H groups in total. The third-order valence-corrected chi connectivity index (χ3v) is 7.24. The van der Waals surface area contributed by atoms with E-state index < -0.39 is 27.3 Å². The number of anilines is 1. The van der Waals surface area contributed by atoms with Crippen LogP contribution in [0.4, 0.5) is 19.0 Å². The van der Waals surface area contributed by atoms with Crippen LogP contribution in [-0.4, -0.2) is 34.4 Å². The standard InChI is InChI=1S/C25H22F3N5O4S/c1-14-11-19-17(22(29)34)7-4-10-21(19)33(14)24-31-20-9-3-8-18(20)23(32-24)30-13-15-5-2-6-16(12-15)37-38(35,36)25(26,27)28/h2,4-7,10-12H,3,8-9,13H2,1H3,(H2,29,34)(H,30,31,32). The van der Waals surface area contributed by atoms with Crippen LogP contribution in [0.2, 0.25) is 0 Å². The normalized spacial score (nSPS) is 13.5. The SMILES string of the molecule is Cc1cc2c(C(N)=O)cccc2n1-c1nc2c(c(NCc3cccc(OS(=O)(=O)C(F)(F)F)c3)n1)CCC2. The number of hydrogen-bond donors (Lipinski definition) is 2. The Bertz CT molecular complexity index is 1680. The molecular weight excluding hydrogens is 523 g/mol. The molecule has 0 bridgehead atoms. The van der Waals surface area contributed by atoms with E-state index in [1.165, 1.54) is 12.1 Å². The Kier molecular flexibility index (Phi) is 6.25. The first-order valence-corrected chi connectivity index (χ1v) is 13.0. The van der Waals surface area contributed by atoms with Gasteiger partial charge in [0.1, 0.15) is 11.6 Å². The average molecular weight is 546 g/mol. The van der Waals surface area contributed by atoms with Gasteiger partial charge in [0.15, 0.2) is 0 Å². The van der Waals surface area contributed by atoms with Gasteiger partial charge in [0.25, 0.3) is 0 Å². The van der Waals surface area contributed by atoms with Crippen LogP contribution >= 0.6 is 0 Å². The number of alkyl halides is 3. The summed E-state index contributed by atoms with van der Waals surface area (Å²) in [5.74, 6) is -0.0335. The second-order valence-electron chi connectivity index (χ2n) is 8.86. The molecule has 0 fully saturated rings. The average Bonchev–Trinajstić information content (AvgIpc) is 3.44. The lowest BCUT2D eigenvalue weighted by Gasteiger charge is -2.15. The van der Waals surface area contributed by atoms with E-state index in [0.717, 1.165) is 47.8 Å². The quantitative estimate of drug-likeness (QED) is 0.264. The molecule has 1 aliphatic rings. The van der Waals surface area contributed by atoms with Gasteiger partial charge in [-0.3, -0.25) is 9.36 Å². The van der Waals surface area contributed by atoms with Crippen molar-refractivity contribution in [2.24, 2.45) is 5.73 Å². The summed E-state index contributed by atoms with van der Waals surface area (Å²) < 4.78 is 66.9. The van der Waals surface area contributed by atoms with Crippen LogP contribution < -0.4 is 15.2 Å². The van der Waals surface area contributed by atoms with E-state index in [1.807, 2.05) is 23.6 Å². The highest BCUT2D eigenvalue weighted by Gasteiger charge is 2.48. The Labute approximate surface area is 215 Å². The molecule has 0 spiro atoms. The summed E-state index contributed by atoms with van der Waals surface area (Å²) in [6.45, 7) is 2.01. The highest BCUT2D eigenvalue weighted by atomic mass is 32.2. The van der Waals surface area contributed by atoms with Crippen molar-refractivity contribution in [2.45, 2.75) is 38.2 Å². The molecule has 2 heterocycles. The summed E-state index contributed by atoms with van der Waals surface area (Å²) in [4.78, 5) is 21.4. The number of carbonyl (C=O) groups is 1. The van der Waals surface area contributed by atoms with Gasteiger partial charge in [-0.15, -0.1) is 0 Å². The molecule has 0 radical (unpaired) electrons. The van der Waals surface area contributed by atoms with Gasteiger partial charge in [-0.05, 0) is 62.1 Å². The summed E-state index contributed by atoms with van der Waals surface area (Å²) in [5.41, 5.74) is 4.22. The molecule has 0 unspecified atom stereocenters. The fourth-order valence-corrected chi connectivity index (χ4v) is 5.03. The molecule has 1 aliphatic carbocycles. The number of fused-ring (bicyclic) bond motifs is 2. The minimum atomic E-state index is -5.78. The second-order valence-corrected chi connectivity index (χ2v) is 10.4. The Hall–Kier alpha value is -4.13. The smallest absolute Gasteiger partial charge is 0.376 e. The Balaban J connectivity index is 1.47. The molecule has 0 aliphatic heterocycles. The van der Waals surface area contributed by atoms with Crippen LogP contribution in [0.3, 0.4) is 0 Å². The van der Waals surface area contributed by atoms with Crippen molar-refractivity contribution in [3.63, 3.8) is 0 Å². The number of nitrogens with two attached hydrogens (primary N) is 1. The van der Waals surface area contributed by atoms with Gasteiger partial charge < -0.3 is 15.2 Å². The Morgan fingerprint density at radius 2 is 1.89 bits per heavy atom. The maximum atomic E-state index is 12.7. The molecule has 2 aromatic carbocycles. The molecular formula is C25H22F3N5O4S. The van der Waals surface area contributed by atoms with Crippen molar-refractivity contribution in [2.75, 3.05) is 5.32 Å². The molecule has 0 saturated heterocycles. The number of rotatable bonds is 7. The number of carbonyl (C=O) groups excluding carboxylic acids is 1. The summed E-state index contributed by atoms with van der Waals surface area (Å²) in [6.07, 6.45) is 2.39. The monoisotopic (exact) mass is 545 g/mol. The van der Waals surface area contributed by atoms with Crippen LogP contribution in [0.1, 0.15) is 39.3 Å². The van der Waals surface area contributed by atoms with Gasteiger partial charge in [-0.25, -0.2) is 4.98 Å². The van der Waals surface area contributed by atoms with Gasteiger partial charge >= 0.3 is 15.6 Å². The zero-order chi connectivity index (χ0) is 27.2. The lowest BCUT2D eigenvalue weighted by atomic mass is 10.1. The minimum Gasteiger partial charge on any atom is -0.376 e. The molecule has 198 valence electrons. The van der Waals surface area contributed by atoms with E-state index in [2.05, 4.69) is 9.50 Å². The highest BCUT2D eigenvalue weighted by molar-refractivity contribution is 7.88. The molecule has 38 heavy (non-hydrogen) atoms. The first kappa shape index (κ1) is 25.5. The first-order valence-electron chi connectivity index (χ1n) is 11.6. The van der Waals surface area contributed by atoms with Crippen LogP contribution in [0.5, 0.6) is 5.75 Å². The topological polar surface area (TPSA) is 129 Å². The highest BCUT2D eigenvalue weighted by Crippen LogP contribution is 2.31. The second kappa shape index (κ2) is 9.31. The molecule has 9 nitrogen and oxygen atoms in total. The number of nitrogens with one attached hydrogen (secondary N) is 1. The summed E-state index contributed by atoms with van der Waals surface area (Å²) in [5, 5.41) is 3.90. The Morgan fingerprint density at radius 3 is 2.63 bits per heavy atom. The molecule has 5 rings (SSSR count). The lowest BCUT2D eigenvalue weighted by molar-refractivity contribution is -0.0500. The van der Waals surface area contributed by atoms with Crippen LogP contribution in [0, 0.1) is 6.92 Å². The van der Waals surface area contributed by atoms with Gasteiger partial charge in [-0.2, -0.15) is 26.6 Å². The zero-order valence-electron chi connectivity index (χ0n) is 20.0. The number of hydrogen-bond acceptors (Lipinski definition) is 7. The third kappa shape index (κ3) is 4.64. The maximum Gasteiger partial charge on any atom is 0.534 e. The van der Waals surface area contributed by atoms with Gasteiger partial charge in [0.2, 0.25) is 11.9 Å². The predicted octanol–water partition coefficient (Wildman–Crippen LogP) is 4.16. The van der Waals surface area contributed by atoms with Crippen molar-refractivity contribution >= 4 is 32.7 Å². The van der Waals surface area contributed by atoms with Crippen molar-refractivity contribution in [3.8, 4) is 11.7 Å². The predicted molar refractivity (Wildman–Crippen MR) is 134 cm³/mol. The molecule has 4 aromatic rings. The number of nitrogens with zero attached hydrogens (tertiary/aromatic N) is 3. The van der Waals surface area contributed by atoms with E-state index in [0.29, 0.717) is 28.3 Å². The fourth-order valence-electron chi connectivity index (χ4n) is 4.58. The van der Waals surface area contributed by atoms with E-state index in [-0.39, 0.29) is 6.54 Å². The summed E-state index contributed by atoms with van der Waals surface area (Å²) in [6, 6.07) is 12.5. The lowest BCUT2D eigenvalue weighted by Crippen LogP contribution is -2.28. The number of amides is 1. The molecule has 0 atom stereocenters. The van der Waals surface area contributed by atoms with Crippen LogP contribution in [0.25, 0.3) is 16.9 Å². The molecule has 13 heteroatoms. The molecule has 1 amide bonds. The third-order valence-electron chi connectivity index (χ3n) is 6.26. The fraction of sp³-hybridized carbons (Fsp3) is 0.240. The number of primary amides is 1. The largest absolute Gasteiger partial charge is 0.534 e. The van der Waals surface area contributed by atoms with E-state index in [4.69, 9.17) is 15.7 Å². The van der Waals surface area contributed by atoms with E-state index in [1.54, 1.807) is 18.2 Å². The minimum absolute atomic E-state index is 0.142. The van der Waals surface area contributed by atoms with Crippen LogP contribution in [0.15, 0.2) is 48.5 Å².